The fourth-order valence-corrected chi connectivity index (χ4v) is 5.09. The molecule has 1 saturated heterocycles. The van der Waals surface area contributed by atoms with Gasteiger partial charge >= 0.3 is 0 Å². The lowest BCUT2D eigenvalue weighted by Crippen LogP contribution is -2.32. The van der Waals surface area contributed by atoms with Crippen LogP contribution in [-0.2, 0) is 14.9 Å². The minimum atomic E-state index is -0.408. The molecule has 2 aliphatic rings. The number of amides is 1. The van der Waals surface area contributed by atoms with E-state index in [0.717, 1.165) is 11.3 Å². The number of halogens is 2. The Bertz CT molecular complexity index is 1440. The first kappa shape index (κ1) is 21.4. The number of fused-ring (bicyclic) bond motifs is 3. The molecule has 1 atom stereocenters. The Morgan fingerprint density at radius 3 is 2.76 bits per heavy atom. The van der Waals surface area contributed by atoms with Gasteiger partial charge in [-0.2, -0.15) is 5.10 Å². The first-order chi connectivity index (χ1) is 16.3. The number of tetrazole rings is 1. The van der Waals surface area contributed by atoms with Crippen LogP contribution < -0.4 is 5.32 Å². The van der Waals surface area contributed by atoms with E-state index in [2.05, 4.69) is 49.8 Å². The van der Waals surface area contributed by atoms with Gasteiger partial charge in [0, 0.05) is 23.2 Å². The van der Waals surface area contributed by atoms with Crippen molar-refractivity contribution in [3.8, 4) is 11.5 Å². The predicted molar refractivity (Wildman–Crippen MR) is 123 cm³/mol. The molecule has 0 radical (unpaired) electrons. The summed E-state index contributed by atoms with van der Waals surface area (Å²) in [5, 5.41) is 19.8. The van der Waals surface area contributed by atoms with Gasteiger partial charge in [0.25, 0.3) is 0 Å². The molecule has 1 aliphatic heterocycles. The minimum Gasteiger partial charge on any atom is -0.377 e. The zero-order valence-corrected chi connectivity index (χ0v) is 19.7. The van der Waals surface area contributed by atoms with Gasteiger partial charge in [-0.1, -0.05) is 37.0 Å². The third-order valence-corrected chi connectivity index (χ3v) is 6.78. The average Bonchev–Trinajstić information content (AvgIpc) is 3.42. The zero-order valence-electron chi connectivity index (χ0n) is 18.2. The molecule has 1 fully saturated rings. The SMILES string of the molecule is CC1(C)CC(C(=O)Nc2cnc(-c3nnnn3C3COC3)c(Cl)c2)c2cnc3cc(Cl)nn3c21. The van der Waals surface area contributed by atoms with E-state index >= 15 is 0 Å². The summed E-state index contributed by atoms with van der Waals surface area (Å²) in [6.07, 6.45) is 3.88. The fourth-order valence-electron chi connectivity index (χ4n) is 4.66. The quantitative estimate of drug-likeness (QED) is 0.453. The third kappa shape index (κ3) is 3.34. The number of pyridine rings is 1. The number of ether oxygens (including phenoxy) is 1. The molecular weight excluding hydrogens is 481 g/mol. The molecule has 0 aromatic carbocycles. The van der Waals surface area contributed by atoms with Crippen LogP contribution in [0.5, 0.6) is 0 Å². The molecule has 6 rings (SSSR count). The normalized spacial score (nSPS) is 19.2. The zero-order chi connectivity index (χ0) is 23.6. The maximum atomic E-state index is 13.3. The predicted octanol–water partition coefficient (Wildman–Crippen LogP) is 3.06. The highest BCUT2D eigenvalue weighted by Crippen LogP contribution is 2.46. The van der Waals surface area contributed by atoms with Crippen LogP contribution >= 0.6 is 23.2 Å². The van der Waals surface area contributed by atoms with Crippen molar-refractivity contribution < 1.29 is 9.53 Å². The Morgan fingerprint density at radius 2 is 2.03 bits per heavy atom. The second kappa shape index (κ2) is 7.69. The van der Waals surface area contributed by atoms with Crippen LogP contribution in [0.2, 0.25) is 10.2 Å². The average molecular weight is 500 g/mol. The van der Waals surface area contributed by atoms with Crippen LogP contribution in [0.4, 0.5) is 5.69 Å². The smallest absolute Gasteiger partial charge is 0.232 e. The molecule has 34 heavy (non-hydrogen) atoms. The van der Waals surface area contributed by atoms with Gasteiger partial charge in [-0.25, -0.2) is 19.2 Å². The molecule has 13 heteroatoms. The summed E-state index contributed by atoms with van der Waals surface area (Å²) in [5.41, 5.74) is 3.03. The third-order valence-electron chi connectivity index (χ3n) is 6.31. The molecular formula is C21H19Cl2N9O2. The first-order valence-electron chi connectivity index (χ1n) is 10.7. The standard InChI is InChI=1S/C21H19Cl2N9O2/c1-21(2)5-12(13-7-24-16-4-15(23)28-32(16)18(13)21)20(33)26-10-3-14(22)17(25-6-10)19-27-29-30-31(19)11-8-34-9-11/h3-4,6-7,11-12H,5,8-9H2,1-2H3,(H,26,33). The Kier molecular flexibility index (Phi) is 4.84. The summed E-state index contributed by atoms with van der Waals surface area (Å²) >= 11 is 12.6. The largest absolute Gasteiger partial charge is 0.377 e. The van der Waals surface area contributed by atoms with E-state index in [0.29, 0.717) is 52.7 Å². The number of nitrogens with one attached hydrogen (secondary N) is 1. The minimum absolute atomic E-state index is 0.0535. The van der Waals surface area contributed by atoms with Gasteiger partial charge in [0.15, 0.2) is 10.8 Å². The molecule has 0 bridgehead atoms. The number of hydrogen-bond donors (Lipinski definition) is 1. The van der Waals surface area contributed by atoms with Crippen molar-refractivity contribution in [3.63, 3.8) is 0 Å². The number of aromatic nitrogens is 8. The summed E-state index contributed by atoms with van der Waals surface area (Å²) in [5.74, 6) is -0.127. The summed E-state index contributed by atoms with van der Waals surface area (Å²) in [6, 6.07) is 3.40. The molecule has 174 valence electrons. The van der Waals surface area contributed by atoms with Crippen molar-refractivity contribution >= 4 is 40.4 Å². The number of rotatable bonds is 4. The van der Waals surface area contributed by atoms with Crippen molar-refractivity contribution in [2.24, 2.45) is 0 Å². The highest BCUT2D eigenvalue weighted by molar-refractivity contribution is 6.33. The van der Waals surface area contributed by atoms with Crippen molar-refractivity contribution in [3.05, 3.63) is 46.0 Å². The van der Waals surface area contributed by atoms with Crippen molar-refractivity contribution in [1.82, 2.24) is 39.8 Å². The Balaban J connectivity index is 1.28. The molecule has 1 unspecified atom stereocenters. The lowest BCUT2D eigenvalue weighted by atomic mass is 9.88. The summed E-state index contributed by atoms with van der Waals surface area (Å²) in [6.45, 7) is 5.24. The van der Waals surface area contributed by atoms with E-state index in [1.165, 1.54) is 0 Å². The lowest BCUT2D eigenvalue weighted by molar-refractivity contribution is -0.117. The molecule has 11 nitrogen and oxygen atoms in total. The van der Waals surface area contributed by atoms with Gasteiger partial charge in [0.1, 0.15) is 11.7 Å². The Morgan fingerprint density at radius 1 is 1.21 bits per heavy atom. The first-order valence-corrected chi connectivity index (χ1v) is 11.4. The number of hydrogen-bond acceptors (Lipinski definition) is 8. The van der Waals surface area contributed by atoms with Crippen LogP contribution in [0.25, 0.3) is 17.2 Å². The number of carbonyl (C=O) groups excluding carboxylic acids is 1. The van der Waals surface area contributed by atoms with E-state index in [1.807, 2.05) is 0 Å². The number of carbonyl (C=O) groups is 1. The monoisotopic (exact) mass is 499 g/mol. The molecule has 4 aromatic heterocycles. The maximum Gasteiger partial charge on any atom is 0.232 e. The molecule has 1 aliphatic carbocycles. The second-order valence-corrected chi connectivity index (χ2v) is 9.92. The van der Waals surface area contributed by atoms with Gasteiger partial charge in [-0.15, -0.1) is 5.10 Å². The van der Waals surface area contributed by atoms with Crippen LogP contribution in [0.1, 0.15) is 43.5 Å². The maximum absolute atomic E-state index is 13.3. The Hall–Kier alpha value is -3.15. The lowest BCUT2D eigenvalue weighted by Gasteiger charge is -2.26. The Labute approximate surface area is 203 Å². The van der Waals surface area contributed by atoms with Crippen LogP contribution in [0.3, 0.4) is 0 Å². The van der Waals surface area contributed by atoms with E-state index < -0.39 is 5.92 Å². The number of nitrogens with zero attached hydrogens (tertiary/aromatic N) is 8. The summed E-state index contributed by atoms with van der Waals surface area (Å²) in [7, 11) is 0. The van der Waals surface area contributed by atoms with E-state index in [4.69, 9.17) is 27.9 Å². The van der Waals surface area contributed by atoms with Crippen molar-refractivity contribution in [2.45, 2.75) is 37.6 Å². The molecule has 1 N–H and O–H groups in total. The summed E-state index contributed by atoms with van der Waals surface area (Å²) in [4.78, 5) is 22.2. The molecule has 0 spiro atoms. The van der Waals surface area contributed by atoms with Gasteiger partial charge in [-0.05, 0) is 22.9 Å². The summed E-state index contributed by atoms with van der Waals surface area (Å²) < 4.78 is 8.61. The van der Waals surface area contributed by atoms with Gasteiger partial charge in [-0.3, -0.25) is 4.79 Å². The van der Waals surface area contributed by atoms with Crippen LogP contribution in [0, 0.1) is 0 Å². The van der Waals surface area contributed by atoms with Gasteiger partial charge in [0.2, 0.25) is 11.7 Å². The van der Waals surface area contributed by atoms with Gasteiger partial charge < -0.3 is 10.1 Å². The molecule has 0 saturated carbocycles. The van der Waals surface area contributed by atoms with Crippen molar-refractivity contribution in [2.75, 3.05) is 18.5 Å². The van der Waals surface area contributed by atoms with Gasteiger partial charge in [0.05, 0.1) is 41.7 Å². The van der Waals surface area contributed by atoms with E-state index in [1.54, 1.807) is 33.7 Å². The van der Waals surface area contributed by atoms with E-state index in [-0.39, 0.29) is 17.4 Å². The second-order valence-electron chi connectivity index (χ2n) is 9.12. The molecule has 1 amide bonds. The molecule has 5 heterocycles. The number of anilines is 1. The van der Waals surface area contributed by atoms with Crippen LogP contribution in [0.15, 0.2) is 24.5 Å². The highest BCUT2D eigenvalue weighted by atomic mass is 35.5. The topological polar surface area (TPSA) is 125 Å². The highest BCUT2D eigenvalue weighted by Gasteiger charge is 2.43. The van der Waals surface area contributed by atoms with E-state index in [9.17, 15) is 4.79 Å². The fraction of sp³-hybridized carbons (Fsp3) is 0.381. The van der Waals surface area contributed by atoms with Crippen LogP contribution in [-0.4, -0.2) is 58.9 Å². The molecule has 4 aromatic rings. The van der Waals surface area contributed by atoms with Crippen molar-refractivity contribution in [1.29, 1.82) is 0 Å².